The average Bonchev–Trinajstić information content (AvgIpc) is 2.36. The lowest BCUT2D eigenvalue weighted by atomic mass is 10.0. The minimum Gasteiger partial charge on any atom is -0.497 e. The zero-order valence-electron chi connectivity index (χ0n) is 10.5. The van der Waals surface area contributed by atoms with E-state index < -0.39 is 11.9 Å². The summed E-state index contributed by atoms with van der Waals surface area (Å²) in [4.78, 5) is 22.4. The lowest BCUT2D eigenvalue weighted by Crippen LogP contribution is -2.24. The first-order valence-electron chi connectivity index (χ1n) is 5.73. The Labute approximate surface area is 106 Å². The van der Waals surface area contributed by atoms with Crippen molar-refractivity contribution in [1.82, 2.24) is 0 Å². The number of benzene rings is 1. The van der Waals surface area contributed by atoms with E-state index in [0.29, 0.717) is 17.9 Å². The van der Waals surface area contributed by atoms with E-state index in [4.69, 9.17) is 9.84 Å². The molecule has 1 amide bonds. The monoisotopic (exact) mass is 251 g/mol. The number of hydrogen-bond donors (Lipinski definition) is 2. The quantitative estimate of drug-likeness (QED) is 0.812. The van der Waals surface area contributed by atoms with Gasteiger partial charge in [-0.05, 0) is 30.7 Å². The minimum absolute atomic E-state index is 0.154. The Morgan fingerprint density at radius 2 is 1.94 bits per heavy atom. The zero-order chi connectivity index (χ0) is 13.5. The second-order valence-corrected chi connectivity index (χ2v) is 3.92. The molecule has 0 saturated heterocycles. The fourth-order valence-electron chi connectivity index (χ4n) is 1.55. The number of rotatable bonds is 6. The molecule has 0 aliphatic carbocycles. The van der Waals surface area contributed by atoms with Crippen LogP contribution in [0.3, 0.4) is 0 Å². The van der Waals surface area contributed by atoms with Crippen LogP contribution in [0.25, 0.3) is 0 Å². The van der Waals surface area contributed by atoms with Gasteiger partial charge in [-0.15, -0.1) is 0 Å². The number of methoxy groups -OCH3 is 1. The van der Waals surface area contributed by atoms with Crippen molar-refractivity contribution in [3.63, 3.8) is 0 Å². The molecule has 1 rings (SSSR count). The number of carboxylic acids is 1. The van der Waals surface area contributed by atoms with Gasteiger partial charge in [0, 0.05) is 11.6 Å². The van der Waals surface area contributed by atoms with Crippen molar-refractivity contribution < 1.29 is 19.4 Å². The van der Waals surface area contributed by atoms with E-state index in [1.807, 2.05) is 0 Å². The Balaban J connectivity index is 2.64. The van der Waals surface area contributed by atoms with Crippen molar-refractivity contribution >= 4 is 17.6 Å². The molecule has 0 radical (unpaired) electrons. The molecule has 5 nitrogen and oxygen atoms in total. The average molecular weight is 251 g/mol. The van der Waals surface area contributed by atoms with Crippen LogP contribution in [0.15, 0.2) is 24.3 Å². The van der Waals surface area contributed by atoms with Crippen LogP contribution in [0.5, 0.6) is 5.75 Å². The van der Waals surface area contributed by atoms with Crippen molar-refractivity contribution in [1.29, 1.82) is 0 Å². The molecule has 0 saturated carbocycles. The molecule has 1 atom stereocenters. The molecule has 0 spiro atoms. The number of aliphatic carboxylic acids is 1. The fourth-order valence-corrected chi connectivity index (χ4v) is 1.55. The predicted octanol–water partition coefficient (Wildman–Crippen LogP) is 2.13. The summed E-state index contributed by atoms with van der Waals surface area (Å²) >= 11 is 0. The maximum absolute atomic E-state index is 11.8. The maximum Gasteiger partial charge on any atom is 0.304 e. The van der Waals surface area contributed by atoms with Crippen LogP contribution in [0.1, 0.15) is 19.8 Å². The highest BCUT2D eigenvalue weighted by Gasteiger charge is 2.19. The predicted molar refractivity (Wildman–Crippen MR) is 67.7 cm³/mol. The highest BCUT2D eigenvalue weighted by atomic mass is 16.5. The van der Waals surface area contributed by atoms with Gasteiger partial charge in [0.1, 0.15) is 5.75 Å². The molecular weight excluding hydrogens is 234 g/mol. The van der Waals surface area contributed by atoms with Gasteiger partial charge in [0.05, 0.1) is 13.5 Å². The number of hydrogen-bond acceptors (Lipinski definition) is 3. The smallest absolute Gasteiger partial charge is 0.304 e. The van der Waals surface area contributed by atoms with Gasteiger partial charge in [0.25, 0.3) is 0 Å². The normalized spacial score (nSPS) is 11.7. The van der Waals surface area contributed by atoms with Crippen LogP contribution in [0.4, 0.5) is 5.69 Å². The summed E-state index contributed by atoms with van der Waals surface area (Å²) in [5.74, 6) is -1.05. The standard InChI is InChI=1S/C13H17NO4/c1-3-9(8-12(15)16)13(17)14-10-4-6-11(18-2)7-5-10/h4-7,9H,3,8H2,1-2H3,(H,14,17)(H,15,16). The number of carboxylic acid groups (broad SMARTS) is 1. The largest absolute Gasteiger partial charge is 0.497 e. The third-order valence-corrected chi connectivity index (χ3v) is 2.64. The second-order valence-electron chi connectivity index (χ2n) is 3.92. The van der Waals surface area contributed by atoms with Gasteiger partial charge < -0.3 is 15.2 Å². The molecule has 0 fully saturated rings. The summed E-state index contributed by atoms with van der Waals surface area (Å²) in [6.45, 7) is 1.79. The molecule has 0 aromatic heterocycles. The van der Waals surface area contributed by atoms with Crippen molar-refractivity contribution in [2.75, 3.05) is 12.4 Å². The topological polar surface area (TPSA) is 75.6 Å². The molecule has 0 bridgehead atoms. The Kier molecular flexibility index (Phi) is 5.17. The molecule has 0 aliphatic rings. The third kappa shape index (κ3) is 4.08. The SMILES string of the molecule is CCC(CC(=O)O)C(=O)Nc1ccc(OC)cc1. The molecule has 98 valence electrons. The van der Waals surface area contributed by atoms with Gasteiger partial charge in [-0.3, -0.25) is 9.59 Å². The molecule has 2 N–H and O–H groups in total. The van der Waals surface area contributed by atoms with Crippen LogP contribution in [0, 0.1) is 5.92 Å². The number of anilines is 1. The van der Waals surface area contributed by atoms with E-state index in [2.05, 4.69) is 5.32 Å². The van der Waals surface area contributed by atoms with E-state index >= 15 is 0 Å². The molecule has 18 heavy (non-hydrogen) atoms. The lowest BCUT2D eigenvalue weighted by molar-refractivity contribution is -0.140. The summed E-state index contributed by atoms with van der Waals surface area (Å²) in [7, 11) is 1.56. The van der Waals surface area contributed by atoms with E-state index in [-0.39, 0.29) is 12.3 Å². The van der Waals surface area contributed by atoms with Crippen molar-refractivity contribution in [2.45, 2.75) is 19.8 Å². The molecule has 1 aromatic rings. The summed E-state index contributed by atoms with van der Waals surface area (Å²) in [6.07, 6.45) is 0.340. The maximum atomic E-state index is 11.8. The zero-order valence-corrected chi connectivity index (χ0v) is 10.5. The molecule has 1 unspecified atom stereocenters. The van der Waals surface area contributed by atoms with Gasteiger partial charge in [-0.2, -0.15) is 0 Å². The first kappa shape index (κ1) is 14.0. The van der Waals surface area contributed by atoms with E-state index in [0.717, 1.165) is 0 Å². The lowest BCUT2D eigenvalue weighted by Gasteiger charge is -2.13. The van der Waals surface area contributed by atoms with Gasteiger partial charge in [0.2, 0.25) is 5.91 Å². The van der Waals surface area contributed by atoms with Crippen LogP contribution in [-0.2, 0) is 9.59 Å². The molecule has 1 aromatic carbocycles. The minimum atomic E-state index is -0.966. The Morgan fingerprint density at radius 1 is 1.33 bits per heavy atom. The Hall–Kier alpha value is -2.04. The summed E-state index contributed by atoms with van der Waals surface area (Å²) in [5, 5.41) is 11.4. The van der Waals surface area contributed by atoms with Gasteiger partial charge >= 0.3 is 5.97 Å². The van der Waals surface area contributed by atoms with E-state index in [9.17, 15) is 9.59 Å². The number of nitrogens with one attached hydrogen (secondary N) is 1. The first-order chi connectivity index (χ1) is 8.56. The van der Waals surface area contributed by atoms with Crippen molar-refractivity contribution in [2.24, 2.45) is 5.92 Å². The van der Waals surface area contributed by atoms with E-state index in [1.165, 1.54) is 0 Å². The van der Waals surface area contributed by atoms with Crippen LogP contribution < -0.4 is 10.1 Å². The van der Waals surface area contributed by atoms with Crippen molar-refractivity contribution in [3.05, 3.63) is 24.3 Å². The molecular formula is C13H17NO4. The van der Waals surface area contributed by atoms with Gasteiger partial charge in [0.15, 0.2) is 0 Å². The van der Waals surface area contributed by atoms with Crippen LogP contribution >= 0.6 is 0 Å². The second kappa shape index (κ2) is 6.64. The van der Waals surface area contributed by atoms with Crippen LogP contribution in [-0.4, -0.2) is 24.1 Å². The molecule has 0 aliphatic heterocycles. The highest BCUT2D eigenvalue weighted by Crippen LogP contribution is 2.17. The number of amides is 1. The Morgan fingerprint density at radius 3 is 2.39 bits per heavy atom. The highest BCUT2D eigenvalue weighted by molar-refractivity contribution is 5.94. The number of ether oxygens (including phenoxy) is 1. The summed E-state index contributed by atoms with van der Waals surface area (Å²) in [6, 6.07) is 6.88. The number of carbonyl (C=O) groups is 2. The fraction of sp³-hybridized carbons (Fsp3) is 0.385. The Bertz CT molecular complexity index is 414. The summed E-state index contributed by atoms with van der Waals surface area (Å²) in [5.41, 5.74) is 0.629. The first-order valence-corrected chi connectivity index (χ1v) is 5.73. The molecule has 0 heterocycles. The third-order valence-electron chi connectivity index (χ3n) is 2.64. The van der Waals surface area contributed by atoms with Crippen molar-refractivity contribution in [3.8, 4) is 5.75 Å². The van der Waals surface area contributed by atoms with Gasteiger partial charge in [-0.25, -0.2) is 0 Å². The summed E-state index contributed by atoms with van der Waals surface area (Å²) < 4.78 is 5.00. The number of carbonyl (C=O) groups excluding carboxylic acids is 1. The van der Waals surface area contributed by atoms with Gasteiger partial charge in [-0.1, -0.05) is 6.92 Å². The van der Waals surface area contributed by atoms with Crippen LogP contribution in [0.2, 0.25) is 0 Å². The molecule has 5 heteroatoms. The van der Waals surface area contributed by atoms with E-state index in [1.54, 1.807) is 38.3 Å².